The Kier molecular flexibility index (Phi) is 6.22. The molecule has 1 fully saturated rings. The Morgan fingerprint density at radius 1 is 1.19 bits per heavy atom. The van der Waals surface area contributed by atoms with E-state index in [0.29, 0.717) is 16.9 Å². The van der Waals surface area contributed by atoms with Crippen LogP contribution in [0.25, 0.3) is 6.08 Å². The van der Waals surface area contributed by atoms with Gasteiger partial charge in [-0.15, -0.1) is 0 Å². The van der Waals surface area contributed by atoms with Crippen LogP contribution in [-0.2, 0) is 11.4 Å². The summed E-state index contributed by atoms with van der Waals surface area (Å²) in [6.07, 6.45) is 5.62. The summed E-state index contributed by atoms with van der Waals surface area (Å²) in [4.78, 5) is 12.4. The SMILES string of the molecule is N#C/C(=C/c1ccccc1OCc1ccccc1F)C(=O)NC1CCCC1. The average molecular weight is 364 g/mol. The molecular weight excluding hydrogens is 343 g/mol. The Balaban J connectivity index is 1.75. The van der Waals surface area contributed by atoms with Crippen molar-refractivity contribution in [3.8, 4) is 11.8 Å². The molecule has 0 atom stereocenters. The number of benzene rings is 2. The van der Waals surface area contributed by atoms with Gasteiger partial charge in [-0.2, -0.15) is 5.26 Å². The minimum atomic E-state index is -0.367. The van der Waals surface area contributed by atoms with Crippen LogP contribution in [0.1, 0.15) is 36.8 Å². The van der Waals surface area contributed by atoms with Crippen molar-refractivity contribution < 1.29 is 13.9 Å². The summed E-state index contributed by atoms with van der Waals surface area (Å²) in [6.45, 7) is 0.0632. The molecule has 1 amide bonds. The van der Waals surface area contributed by atoms with Gasteiger partial charge in [0.15, 0.2) is 0 Å². The molecule has 0 unspecified atom stereocenters. The standard InChI is InChI=1S/C22H21FN2O2/c23-20-11-5-1-8-17(20)15-27-21-12-6-2-7-16(21)13-18(14-24)22(26)25-19-9-3-4-10-19/h1-2,5-8,11-13,19H,3-4,9-10,15H2,(H,25,26)/b18-13-. The van der Waals surface area contributed by atoms with Crippen LogP contribution in [0.15, 0.2) is 54.1 Å². The van der Waals surface area contributed by atoms with E-state index in [1.54, 1.807) is 42.5 Å². The van der Waals surface area contributed by atoms with Gasteiger partial charge in [0.1, 0.15) is 29.8 Å². The van der Waals surface area contributed by atoms with Crippen LogP contribution in [0.5, 0.6) is 5.75 Å². The smallest absolute Gasteiger partial charge is 0.262 e. The molecule has 1 aliphatic carbocycles. The minimum Gasteiger partial charge on any atom is -0.488 e. The fourth-order valence-electron chi connectivity index (χ4n) is 3.14. The number of para-hydroxylation sites is 1. The van der Waals surface area contributed by atoms with Crippen LogP contribution in [-0.4, -0.2) is 11.9 Å². The van der Waals surface area contributed by atoms with E-state index in [0.717, 1.165) is 25.7 Å². The first-order valence-corrected chi connectivity index (χ1v) is 9.05. The summed E-state index contributed by atoms with van der Waals surface area (Å²) < 4.78 is 19.5. The maximum Gasteiger partial charge on any atom is 0.262 e. The van der Waals surface area contributed by atoms with Crippen LogP contribution >= 0.6 is 0 Å². The van der Waals surface area contributed by atoms with E-state index >= 15 is 0 Å². The number of hydrogen-bond donors (Lipinski definition) is 1. The van der Waals surface area contributed by atoms with Crippen LogP contribution in [0.2, 0.25) is 0 Å². The molecule has 0 spiro atoms. The van der Waals surface area contributed by atoms with E-state index in [1.165, 1.54) is 12.1 Å². The molecule has 4 nitrogen and oxygen atoms in total. The van der Waals surface area contributed by atoms with Crippen molar-refractivity contribution in [2.24, 2.45) is 0 Å². The quantitative estimate of drug-likeness (QED) is 0.611. The normalized spacial score (nSPS) is 14.6. The number of ether oxygens (including phenoxy) is 1. The van der Waals surface area contributed by atoms with E-state index in [1.807, 2.05) is 6.07 Å². The van der Waals surface area contributed by atoms with Crippen molar-refractivity contribution in [2.75, 3.05) is 0 Å². The zero-order chi connectivity index (χ0) is 19.1. The highest BCUT2D eigenvalue weighted by molar-refractivity contribution is 6.02. The second-order valence-corrected chi connectivity index (χ2v) is 6.54. The Hall–Kier alpha value is -3.13. The largest absolute Gasteiger partial charge is 0.488 e. The summed E-state index contributed by atoms with van der Waals surface area (Å²) in [7, 11) is 0. The van der Waals surface area contributed by atoms with Gasteiger partial charge in [0.25, 0.3) is 5.91 Å². The first-order chi connectivity index (χ1) is 13.2. The molecule has 0 aliphatic heterocycles. The van der Waals surface area contributed by atoms with Crippen molar-refractivity contribution in [2.45, 2.75) is 38.3 Å². The van der Waals surface area contributed by atoms with Crippen LogP contribution in [0.4, 0.5) is 4.39 Å². The van der Waals surface area contributed by atoms with Crippen molar-refractivity contribution in [1.82, 2.24) is 5.32 Å². The second-order valence-electron chi connectivity index (χ2n) is 6.54. The van der Waals surface area contributed by atoms with Gasteiger partial charge in [-0.25, -0.2) is 4.39 Å². The molecular formula is C22H21FN2O2. The highest BCUT2D eigenvalue weighted by Gasteiger charge is 2.19. The lowest BCUT2D eigenvalue weighted by atomic mass is 10.1. The van der Waals surface area contributed by atoms with E-state index in [4.69, 9.17) is 4.74 Å². The number of hydrogen-bond acceptors (Lipinski definition) is 3. The fourth-order valence-corrected chi connectivity index (χ4v) is 3.14. The molecule has 0 bridgehead atoms. The summed E-state index contributed by atoms with van der Waals surface area (Å²) in [5.74, 6) is -0.213. The zero-order valence-corrected chi connectivity index (χ0v) is 15.0. The van der Waals surface area contributed by atoms with Crippen LogP contribution in [0, 0.1) is 17.1 Å². The summed E-state index contributed by atoms with van der Waals surface area (Å²) in [5.41, 5.74) is 1.08. The summed E-state index contributed by atoms with van der Waals surface area (Å²) in [5, 5.41) is 12.3. The van der Waals surface area contributed by atoms with E-state index in [-0.39, 0.29) is 29.9 Å². The van der Waals surface area contributed by atoms with Crippen molar-refractivity contribution >= 4 is 12.0 Å². The van der Waals surface area contributed by atoms with Crippen LogP contribution in [0.3, 0.4) is 0 Å². The topological polar surface area (TPSA) is 62.1 Å². The summed E-state index contributed by atoms with van der Waals surface area (Å²) >= 11 is 0. The van der Waals surface area contributed by atoms with E-state index in [2.05, 4.69) is 5.32 Å². The molecule has 1 aliphatic rings. The molecule has 138 valence electrons. The lowest BCUT2D eigenvalue weighted by molar-refractivity contribution is -0.117. The first-order valence-electron chi connectivity index (χ1n) is 9.05. The molecule has 0 aromatic heterocycles. The number of nitrogens with one attached hydrogen (secondary N) is 1. The maximum absolute atomic E-state index is 13.8. The second kappa shape index (κ2) is 9.00. The molecule has 2 aromatic carbocycles. The third-order valence-corrected chi connectivity index (χ3v) is 4.62. The van der Waals surface area contributed by atoms with E-state index < -0.39 is 0 Å². The van der Waals surface area contributed by atoms with Crippen molar-refractivity contribution in [3.05, 3.63) is 71.0 Å². The monoisotopic (exact) mass is 364 g/mol. The number of nitrogens with zero attached hydrogens (tertiary/aromatic N) is 1. The molecule has 2 aromatic rings. The summed E-state index contributed by atoms with van der Waals surface area (Å²) in [6, 6.07) is 15.6. The van der Waals surface area contributed by atoms with Gasteiger partial charge in [0, 0.05) is 17.2 Å². The van der Waals surface area contributed by atoms with Crippen molar-refractivity contribution in [1.29, 1.82) is 5.26 Å². The Morgan fingerprint density at radius 3 is 2.63 bits per heavy atom. The fraction of sp³-hybridized carbons (Fsp3) is 0.273. The van der Waals surface area contributed by atoms with Gasteiger partial charge in [-0.1, -0.05) is 49.2 Å². The first kappa shape index (κ1) is 18.7. The Labute approximate surface area is 158 Å². The average Bonchev–Trinajstić information content (AvgIpc) is 3.19. The number of halogens is 1. The molecule has 0 radical (unpaired) electrons. The molecule has 0 saturated heterocycles. The molecule has 0 heterocycles. The Bertz CT molecular complexity index is 880. The number of rotatable bonds is 6. The molecule has 27 heavy (non-hydrogen) atoms. The third-order valence-electron chi connectivity index (χ3n) is 4.62. The van der Waals surface area contributed by atoms with Crippen molar-refractivity contribution in [3.63, 3.8) is 0 Å². The molecule has 1 N–H and O–H groups in total. The van der Waals surface area contributed by atoms with Gasteiger partial charge in [-0.3, -0.25) is 4.79 Å². The molecule has 1 saturated carbocycles. The van der Waals surface area contributed by atoms with E-state index in [9.17, 15) is 14.4 Å². The van der Waals surface area contributed by atoms with Crippen LogP contribution < -0.4 is 10.1 Å². The van der Waals surface area contributed by atoms with Gasteiger partial charge < -0.3 is 10.1 Å². The van der Waals surface area contributed by atoms with Gasteiger partial charge in [-0.05, 0) is 31.1 Å². The molecule has 3 rings (SSSR count). The number of amides is 1. The number of carbonyl (C=O) groups is 1. The Morgan fingerprint density at radius 2 is 1.89 bits per heavy atom. The minimum absolute atomic E-state index is 0.0313. The highest BCUT2D eigenvalue weighted by Crippen LogP contribution is 2.23. The zero-order valence-electron chi connectivity index (χ0n) is 15.0. The van der Waals surface area contributed by atoms with Gasteiger partial charge >= 0.3 is 0 Å². The lowest BCUT2D eigenvalue weighted by Crippen LogP contribution is -2.33. The highest BCUT2D eigenvalue weighted by atomic mass is 19.1. The number of nitriles is 1. The van der Waals surface area contributed by atoms with Gasteiger partial charge in [0.2, 0.25) is 0 Å². The third kappa shape index (κ3) is 4.95. The number of carbonyl (C=O) groups excluding carboxylic acids is 1. The predicted octanol–water partition coefficient (Wildman–Crippen LogP) is 4.37. The lowest BCUT2D eigenvalue weighted by Gasteiger charge is -2.12. The van der Waals surface area contributed by atoms with Gasteiger partial charge in [0.05, 0.1) is 0 Å². The maximum atomic E-state index is 13.8. The molecule has 5 heteroatoms. The predicted molar refractivity (Wildman–Crippen MR) is 101 cm³/mol.